The molecule has 5 aromatic rings. The van der Waals surface area contributed by atoms with Crippen molar-refractivity contribution in [1.82, 2.24) is 14.9 Å². The molecule has 1 atom stereocenters. The summed E-state index contributed by atoms with van der Waals surface area (Å²) in [6.07, 6.45) is 2.13. The molecule has 2 N–H and O–H groups in total. The number of thiazole rings is 1. The lowest BCUT2D eigenvalue weighted by molar-refractivity contribution is 0.0146. The number of nitrogens with one attached hydrogen (secondary N) is 1. The molecule has 0 saturated carbocycles. The highest BCUT2D eigenvalue weighted by Gasteiger charge is 2.25. The van der Waals surface area contributed by atoms with Crippen LogP contribution in [-0.2, 0) is 21.2 Å². The molecule has 0 radical (unpaired) electrons. The Kier molecular flexibility index (Phi) is 10.3. The number of benzene rings is 3. The van der Waals surface area contributed by atoms with Crippen LogP contribution in [0.2, 0.25) is 0 Å². The summed E-state index contributed by atoms with van der Waals surface area (Å²) in [5.41, 5.74) is 3.41. The van der Waals surface area contributed by atoms with Gasteiger partial charge in [-0.2, -0.15) is 0 Å². The van der Waals surface area contributed by atoms with E-state index in [4.69, 9.17) is 4.74 Å². The first-order valence-corrected chi connectivity index (χ1v) is 17.2. The van der Waals surface area contributed by atoms with Crippen molar-refractivity contribution in [3.8, 4) is 21.8 Å². The van der Waals surface area contributed by atoms with Gasteiger partial charge in [0.15, 0.2) is 0 Å². The maximum Gasteiger partial charge on any atom is 0.410 e. The standard InChI is InChI=1S/C35H35FN4O5S2/c1-35(2,3)45-34(42)40(22-32(41)27-5-4-19-37-21-27)20-18-24-6-14-29(15-7-24)39-47(43,44)30-16-10-26(11-17-30)33-38-31(23-46-33)25-8-12-28(36)13-9-25/h4-17,19,21,23,32,39,41H,18,20,22H2,1-3H3/t32-/m0/s1. The minimum absolute atomic E-state index is 0.0231. The fraction of sp³-hybridized carbons (Fsp3) is 0.229. The van der Waals surface area contributed by atoms with Crippen molar-refractivity contribution in [2.75, 3.05) is 17.8 Å². The number of aliphatic hydroxyl groups is 1. The van der Waals surface area contributed by atoms with E-state index in [1.165, 1.54) is 40.5 Å². The predicted octanol–water partition coefficient (Wildman–Crippen LogP) is 7.33. The molecule has 2 aromatic heterocycles. The van der Waals surface area contributed by atoms with Crippen LogP contribution in [0.25, 0.3) is 21.8 Å². The first kappa shape index (κ1) is 33.7. The minimum atomic E-state index is -3.87. The molecule has 3 aromatic carbocycles. The van der Waals surface area contributed by atoms with Crippen LogP contribution in [0.5, 0.6) is 0 Å². The number of carbonyl (C=O) groups excluding carboxylic acids is 1. The molecule has 0 aliphatic carbocycles. The number of sulfonamides is 1. The van der Waals surface area contributed by atoms with Gasteiger partial charge in [0, 0.05) is 46.7 Å². The number of hydrogen-bond acceptors (Lipinski definition) is 8. The Morgan fingerprint density at radius 2 is 1.68 bits per heavy atom. The molecule has 9 nitrogen and oxygen atoms in total. The monoisotopic (exact) mass is 674 g/mol. The number of hydrogen-bond donors (Lipinski definition) is 2. The summed E-state index contributed by atoms with van der Waals surface area (Å²) in [4.78, 5) is 23.2. The molecular formula is C35H35FN4O5S2. The molecule has 0 bridgehead atoms. The lowest BCUT2D eigenvalue weighted by atomic mass is 10.1. The second-order valence-corrected chi connectivity index (χ2v) is 14.4. The molecule has 0 unspecified atom stereocenters. The van der Waals surface area contributed by atoms with E-state index in [-0.39, 0.29) is 23.8 Å². The third-order valence-electron chi connectivity index (χ3n) is 7.05. The molecule has 0 saturated heterocycles. The number of aliphatic hydroxyl groups excluding tert-OH is 1. The van der Waals surface area contributed by atoms with E-state index in [1.807, 2.05) is 5.38 Å². The molecule has 47 heavy (non-hydrogen) atoms. The molecule has 12 heteroatoms. The summed E-state index contributed by atoms with van der Waals surface area (Å²) >= 11 is 1.42. The maximum atomic E-state index is 13.3. The maximum absolute atomic E-state index is 13.3. The van der Waals surface area contributed by atoms with E-state index in [1.54, 1.807) is 93.8 Å². The van der Waals surface area contributed by atoms with Crippen molar-refractivity contribution >= 4 is 33.1 Å². The molecule has 0 fully saturated rings. The van der Waals surface area contributed by atoms with E-state index < -0.39 is 27.8 Å². The van der Waals surface area contributed by atoms with Gasteiger partial charge in [-0.3, -0.25) is 9.71 Å². The van der Waals surface area contributed by atoms with Crippen molar-refractivity contribution in [3.63, 3.8) is 0 Å². The Morgan fingerprint density at radius 1 is 1.00 bits per heavy atom. The number of carbonyl (C=O) groups is 1. The third-order valence-corrected chi connectivity index (χ3v) is 9.34. The Labute approximate surface area is 277 Å². The Balaban J connectivity index is 1.21. The van der Waals surface area contributed by atoms with Crippen molar-refractivity contribution in [3.05, 3.63) is 120 Å². The quantitative estimate of drug-likeness (QED) is 0.151. The van der Waals surface area contributed by atoms with Crippen molar-refractivity contribution in [2.45, 2.75) is 43.8 Å². The van der Waals surface area contributed by atoms with E-state index in [0.717, 1.165) is 16.7 Å². The number of halogens is 1. The van der Waals surface area contributed by atoms with E-state index in [0.29, 0.717) is 28.4 Å². The van der Waals surface area contributed by atoms with Crippen molar-refractivity contribution in [1.29, 1.82) is 0 Å². The van der Waals surface area contributed by atoms with Crippen molar-refractivity contribution < 1.29 is 27.4 Å². The normalized spacial score (nSPS) is 12.4. The summed E-state index contributed by atoms with van der Waals surface area (Å²) in [6, 6.07) is 22.9. The number of ether oxygens (including phenoxy) is 1. The summed E-state index contributed by atoms with van der Waals surface area (Å²) < 4.78 is 47.7. The van der Waals surface area contributed by atoms with Crippen LogP contribution in [0.3, 0.4) is 0 Å². The second-order valence-electron chi connectivity index (χ2n) is 11.9. The largest absolute Gasteiger partial charge is 0.444 e. The topological polar surface area (TPSA) is 122 Å². The van der Waals surface area contributed by atoms with E-state index >= 15 is 0 Å². The molecule has 0 spiro atoms. The van der Waals surface area contributed by atoms with E-state index in [9.17, 15) is 22.7 Å². The van der Waals surface area contributed by atoms with Gasteiger partial charge in [-0.25, -0.2) is 22.6 Å². The zero-order valence-corrected chi connectivity index (χ0v) is 27.8. The summed E-state index contributed by atoms with van der Waals surface area (Å²) in [7, 11) is -3.87. The lowest BCUT2D eigenvalue weighted by Crippen LogP contribution is -2.40. The number of amides is 1. The highest BCUT2D eigenvalue weighted by Crippen LogP contribution is 2.30. The molecular weight excluding hydrogens is 640 g/mol. The van der Waals surface area contributed by atoms with Gasteiger partial charge in [0.1, 0.15) is 16.4 Å². The third kappa shape index (κ3) is 9.22. The zero-order valence-electron chi connectivity index (χ0n) is 26.1. The molecule has 2 heterocycles. The fourth-order valence-corrected chi connectivity index (χ4v) is 6.52. The Bertz CT molecular complexity index is 1890. The molecule has 1 amide bonds. The van der Waals surface area contributed by atoms with Crippen LogP contribution in [0.4, 0.5) is 14.9 Å². The summed E-state index contributed by atoms with van der Waals surface area (Å²) in [6.45, 7) is 5.63. The van der Waals surface area contributed by atoms with Crippen molar-refractivity contribution in [2.24, 2.45) is 0 Å². The van der Waals surface area contributed by atoms with Gasteiger partial charge in [0.2, 0.25) is 0 Å². The first-order chi connectivity index (χ1) is 22.4. The average Bonchev–Trinajstić information content (AvgIpc) is 3.54. The number of anilines is 1. The number of rotatable bonds is 11. The predicted molar refractivity (Wildman–Crippen MR) is 181 cm³/mol. The van der Waals surface area contributed by atoms with Crippen LogP contribution in [-0.4, -0.2) is 53.2 Å². The molecule has 5 rings (SSSR count). The Hall–Kier alpha value is -4.65. The summed E-state index contributed by atoms with van der Waals surface area (Å²) in [5, 5.41) is 13.3. The average molecular weight is 675 g/mol. The second kappa shape index (κ2) is 14.4. The van der Waals surface area contributed by atoms with Gasteiger partial charge in [0.25, 0.3) is 10.0 Å². The smallest absolute Gasteiger partial charge is 0.410 e. The minimum Gasteiger partial charge on any atom is -0.444 e. The Morgan fingerprint density at radius 3 is 2.32 bits per heavy atom. The van der Waals surface area contributed by atoms with Gasteiger partial charge >= 0.3 is 6.09 Å². The number of nitrogens with zero attached hydrogens (tertiary/aromatic N) is 3. The number of pyridine rings is 1. The fourth-order valence-electron chi connectivity index (χ4n) is 4.62. The van der Waals surface area contributed by atoms with Gasteiger partial charge < -0.3 is 14.7 Å². The number of aromatic nitrogens is 2. The van der Waals surface area contributed by atoms with Gasteiger partial charge in [-0.15, -0.1) is 11.3 Å². The van der Waals surface area contributed by atoms with Crippen LogP contribution in [0.1, 0.15) is 38.0 Å². The highest BCUT2D eigenvalue weighted by atomic mass is 32.2. The SMILES string of the molecule is CC(C)(C)OC(=O)N(CCc1ccc(NS(=O)(=O)c2ccc(-c3nc(-c4ccc(F)cc4)cs3)cc2)cc1)C[C@H](O)c1cccnc1. The summed E-state index contributed by atoms with van der Waals surface area (Å²) in [5.74, 6) is -0.317. The van der Waals surface area contributed by atoms with Gasteiger partial charge in [-0.1, -0.05) is 30.3 Å². The van der Waals surface area contributed by atoms with Crippen LogP contribution in [0.15, 0.2) is 108 Å². The van der Waals surface area contributed by atoms with Crippen LogP contribution >= 0.6 is 11.3 Å². The molecule has 0 aliphatic heterocycles. The van der Waals surface area contributed by atoms with Crippen LogP contribution < -0.4 is 4.72 Å². The lowest BCUT2D eigenvalue weighted by Gasteiger charge is -2.29. The highest BCUT2D eigenvalue weighted by molar-refractivity contribution is 7.92. The van der Waals surface area contributed by atoms with Crippen LogP contribution in [0, 0.1) is 5.82 Å². The van der Waals surface area contributed by atoms with Gasteiger partial charge in [0.05, 0.1) is 23.2 Å². The van der Waals surface area contributed by atoms with Gasteiger partial charge in [-0.05, 0) is 87.4 Å². The first-order valence-electron chi connectivity index (χ1n) is 14.9. The molecule has 244 valence electrons. The van der Waals surface area contributed by atoms with E-state index in [2.05, 4.69) is 14.7 Å². The molecule has 0 aliphatic rings. The zero-order chi connectivity index (χ0) is 33.6.